The largest absolute Gasteiger partial charge is 0.495 e. The Morgan fingerprint density at radius 1 is 1.33 bits per heavy atom. The lowest BCUT2D eigenvalue weighted by molar-refractivity contribution is 0.397. The number of hydrogen-bond acceptors (Lipinski definition) is 5. The van der Waals surface area contributed by atoms with E-state index < -0.39 is 0 Å². The van der Waals surface area contributed by atoms with E-state index in [-0.39, 0.29) is 6.04 Å². The summed E-state index contributed by atoms with van der Waals surface area (Å²) in [7, 11) is 1.65. The summed E-state index contributed by atoms with van der Waals surface area (Å²) >= 11 is 1.76. The first-order valence-corrected chi connectivity index (χ1v) is 7.60. The average molecular weight is 299 g/mol. The summed E-state index contributed by atoms with van der Waals surface area (Å²) in [6.45, 7) is 0. The van der Waals surface area contributed by atoms with Crippen molar-refractivity contribution in [1.82, 2.24) is 10.4 Å². The summed E-state index contributed by atoms with van der Waals surface area (Å²) in [5, 5.41) is 3.48. The summed E-state index contributed by atoms with van der Waals surface area (Å²) in [5.41, 5.74) is 5.20. The molecule has 21 heavy (non-hydrogen) atoms. The fourth-order valence-electron chi connectivity index (χ4n) is 2.52. The molecule has 1 aromatic carbocycles. The van der Waals surface area contributed by atoms with Crippen molar-refractivity contribution in [2.45, 2.75) is 12.5 Å². The van der Waals surface area contributed by atoms with Gasteiger partial charge in [0.2, 0.25) is 0 Å². The summed E-state index contributed by atoms with van der Waals surface area (Å²) < 4.78 is 6.68. The highest BCUT2D eigenvalue weighted by molar-refractivity contribution is 7.17. The number of hydrazine groups is 1. The molecule has 4 nitrogen and oxygen atoms in total. The Labute approximate surface area is 127 Å². The van der Waals surface area contributed by atoms with Crippen molar-refractivity contribution < 1.29 is 4.74 Å². The molecule has 0 bridgehead atoms. The van der Waals surface area contributed by atoms with Crippen molar-refractivity contribution in [2.24, 2.45) is 5.84 Å². The first kappa shape index (κ1) is 14.0. The van der Waals surface area contributed by atoms with Gasteiger partial charge in [-0.2, -0.15) is 0 Å². The van der Waals surface area contributed by atoms with Crippen LogP contribution in [0.1, 0.15) is 17.2 Å². The second-order valence-electron chi connectivity index (χ2n) is 4.80. The lowest BCUT2D eigenvalue weighted by atomic mass is 9.99. The van der Waals surface area contributed by atoms with Crippen molar-refractivity contribution in [3.8, 4) is 5.75 Å². The molecule has 3 rings (SSSR count). The van der Waals surface area contributed by atoms with E-state index in [1.54, 1.807) is 30.8 Å². The molecule has 108 valence electrons. The van der Waals surface area contributed by atoms with Gasteiger partial charge >= 0.3 is 0 Å². The summed E-state index contributed by atoms with van der Waals surface area (Å²) in [6.07, 6.45) is 4.28. The molecule has 2 heterocycles. The van der Waals surface area contributed by atoms with Gasteiger partial charge in [-0.1, -0.05) is 18.2 Å². The van der Waals surface area contributed by atoms with Crippen LogP contribution < -0.4 is 16.0 Å². The van der Waals surface area contributed by atoms with Gasteiger partial charge in [0.25, 0.3) is 0 Å². The highest BCUT2D eigenvalue weighted by Crippen LogP contribution is 2.31. The molecule has 0 amide bonds. The Balaban J connectivity index is 1.94. The number of nitrogens with one attached hydrogen (secondary N) is 1. The smallest absolute Gasteiger partial charge is 0.141 e. The molecular weight excluding hydrogens is 282 g/mol. The molecule has 3 N–H and O–H groups in total. The van der Waals surface area contributed by atoms with Crippen LogP contribution in [0.25, 0.3) is 10.1 Å². The Bertz CT molecular complexity index is 741. The third-order valence-corrected chi connectivity index (χ3v) is 4.61. The standard InChI is InChI=1S/C16H17N3OS/c1-20-15-9-18-7-6-13(15)14(19-17)8-11-10-21-16-5-3-2-4-12(11)16/h2-7,9-10,14,19H,8,17H2,1H3. The van der Waals surface area contributed by atoms with Gasteiger partial charge in [-0.05, 0) is 34.9 Å². The van der Waals surface area contributed by atoms with Gasteiger partial charge < -0.3 is 4.74 Å². The zero-order chi connectivity index (χ0) is 14.7. The quantitative estimate of drug-likeness (QED) is 0.561. The van der Waals surface area contributed by atoms with Crippen molar-refractivity contribution in [3.05, 3.63) is 59.2 Å². The third kappa shape index (κ3) is 2.76. The molecule has 3 aromatic rings. The van der Waals surface area contributed by atoms with Crippen LogP contribution in [0.4, 0.5) is 0 Å². The van der Waals surface area contributed by atoms with Crippen LogP contribution in [0.3, 0.4) is 0 Å². The van der Waals surface area contributed by atoms with Crippen LogP contribution >= 0.6 is 11.3 Å². The van der Waals surface area contributed by atoms with Gasteiger partial charge in [0.15, 0.2) is 0 Å². The van der Waals surface area contributed by atoms with Gasteiger partial charge in [-0.3, -0.25) is 16.3 Å². The third-order valence-electron chi connectivity index (χ3n) is 3.60. The van der Waals surface area contributed by atoms with Crippen LogP contribution in [-0.2, 0) is 6.42 Å². The molecule has 0 saturated carbocycles. The second kappa shape index (κ2) is 6.22. The summed E-state index contributed by atoms with van der Waals surface area (Å²) in [4.78, 5) is 4.09. The lowest BCUT2D eigenvalue weighted by Crippen LogP contribution is -2.29. The predicted molar refractivity (Wildman–Crippen MR) is 86.4 cm³/mol. The molecular formula is C16H17N3OS. The molecule has 0 aliphatic rings. The van der Waals surface area contributed by atoms with Crippen LogP contribution in [0.2, 0.25) is 0 Å². The maximum Gasteiger partial charge on any atom is 0.141 e. The van der Waals surface area contributed by atoms with Gasteiger partial charge in [0.1, 0.15) is 5.75 Å². The zero-order valence-electron chi connectivity index (χ0n) is 11.7. The van der Waals surface area contributed by atoms with Gasteiger partial charge in [0.05, 0.1) is 19.3 Å². The highest BCUT2D eigenvalue weighted by Gasteiger charge is 2.17. The van der Waals surface area contributed by atoms with Crippen LogP contribution in [0.15, 0.2) is 48.1 Å². The monoisotopic (exact) mass is 299 g/mol. The Morgan fingerprint density at radius 2 is 2.19 bits per heavy atom. The molecule has 1 unspecified atom stereocenters. The van der Waals surface area contributed by atoms with E-state index in [0.717, 1.165) is 17.7 Å². The maximum atomic E-state index is 5.77. The Morgan fingerprint density at radius 3 is 3.00 bits per heavy atom. The highest BCUT2D eigenvalue weighted by atomic mass is 32.1. The topological polar surface area (TPSA) is 60.2 Å². The first-order valence-electron chi connectivity index (χ1n) is 6.72. The van der Waals surface area contributed by atoms with Crippen molar-refractivity contribution in [1.29, 1.82) is 0 Å². The molecule has 2 aromatic heterocycles. The van der Waals surface area contributed by atoms with Crippen LogP contribution in [0.5, 0.6) is 5.75 Å². The maximum absolute atomic E-state index is 5.77. The number of ether oxygens (including phenoxy) is 1. The van der Waals surface area contributed by atoms with Gasteiger partial charge in [0, 0.05) is 16.5 Å². The number of pyridine rings is 1. The predicted octanol–water partition coefficient (Wildman–Crippen LogP) is 3.05. The van der Waals surface area contributed by atoms with E-state index in [9.17, 15) is 0 Å². The molecule has 1 atom stereocenters. The molecule has 0 radical (unpaired) electrons. The average Bonchev–Trinajstić information content (AvgIpc) is 2.95. The number of nitrogens with zero attached hydrogens (tertiary/aromatic N) is 1. The molecule has 0 fully saturated rings. The molecule has 0 saturated heterocycles. The first-order chi connectivity index (χ1) is 10.3. The van der Waals surface area contributed by atoms with E-state index in [4.69, 9.17) is 10.6 Å². The van der Waals surface area contributed by atoms with Crippen LogP contribution in [-0.4, -0.2) is 12.1 Å². The number of nitrogens with two attached hydrogens (primary N) is 1. The number of rotatable bonds is 5. The number of aromatic nitrogens is 1. The Kier molecular flexibility index (Phi) is 4.15. The fourth-order valence-corrected chi connectivity index (χ4v) is 3.49. The Hall–Kier alpha value is -1.95. The van der Waals surface area contributed by atoms with Gasteiger partial charge in [-0.15, -0.1) is 11.3 Å². The zero-order valence-corrected chi connectivity index (χ0v) is 12.6. The number of methoxy groups -OCH3 is 1. The summed E-state index contributed by atoms with van der Waals surface area (Å²) in [6, 6.07) is 10.3. The molecule has 0 spiro atoms. The molecule has 0 aliphatic carbocycles. The van der Waals surface area contributed by atoms with E-state index in [1.165, 1.54) is 15.6 Å². The SMILES string of the molecule is COc1cnccc1C(Cc1csc2ccccc12)NN. The number of hydrogen-bond donors (Lipinski definition) is 2. The number of thiophene rings is 1. The van der Waals surface area contributed by atoms with E-state index in [2.05, 4.69) is 40.1 Å². The van der Waals surface area contributed by atoms with E-state index in [0.29, 0.717) is 0 Å². The molecule has 0 aliphatic heterocycles. The second-order valence-corrected chi connectivity index (χ2v) is 5.71. The minimum Gasteiger partial charge on any atom is -0.495 e. The van der Waals surface area contributed by atoms with E-state index in [1.807, 2.05) is 6.07 Å². The fraction of sp³-hybridized carbons (Fsp3) is 0.188. The minimum atomic E-state index is -0.0130. The number of fused-ring (bicyclic) bond motifs is 1. The van der Waals surface area contributed by atoms with Gasteiger partial charge in [-0.25, -0.2) is 0 Å². The molecule has 5 heteroatoms. The van der Waals surface area contributed by atoms with E-state index >= 15 is 0 Å². The van der Waals surface area contributed by atoms with Crippen LogP contribution in [0, 0.1) is 0 Å². The lowest BCUT2D eigenvalue weighted by Gasteiger charge is -2.18. The van der Waals surface area contributed by atoms with Crippen molar-refractivity contribution >= 4 is 21.4 Å². The minimum absolute atomic E-state index is 0.0130. The number of benzene rings is 1. The van der Waals surface area contributed by atoms with Crippen molar-refractivity contribution in [3.63, 3.8) is 0 Å². The normalized spacial score (nSPS) is 12.5. The van der Waals surface area contributed by atoms with Crippen molar-refractivity contribution in [2.75, 3.05) is 7.11 Å². The summed E-state index contributed by atoms with van der Waals surface area (Å²) in [5.74, 6) is 6.52.